The van der Waals surface area contributed by atoms with E-state index < -0.39 is 24.2 Å². The number of rotatable bonds is 7. The number of carbonyl (C=O) groups is 2. The molecule has 2 N–H and O–H groups in total. The molecule has 2 fully saturated rings. The summed E-state index contributed by atoms with van der Waals surface area (Å²) in [6.45, 7) is -0.108. The number of likely N-dealkylation sites (tertiary alicyclic amines) is 1. The SMILES string of the molecule is O=C(NC(c1ccccc1)c1ccc(C2CCC2)cn1)C1CC(F)CN1C(=O)Cc1cnn[nH]1. The first kappa shape index (κ1) is 22.2. The fourth-order valence-electron chi connectivity index (χ4n) is 4.66. The fourth-order valence-corrected chi connectivity index (χ4v) is 4.66. The van der Waals surface area contributed by atoms with E-state index in [1.54, 1.807) is 0 Å². The van der Waals surface area contributed by atoms with Gasteiger partial charge in [0.05, 0.1) is 36.6 Å². The molecule has 0 radical (unpaired) electrons. The summed E-state index contributed by atoms with van der Waals surface area (Å²) in [5.74, 6) is -0.170. The summed E-state index contributed by atoms with van der Waals surface area (Å²) in [5, 5.41) is 12.9. The van der Waals surface area contributed by atoms with Crippen LogP contribution in [-0.4, -0.2) is 55.9 Å². The van der Waals surface area contributed by atoms with Crippen molar-refractivity contribution >= 4 is 11.8 Å². The zero-order chi connectivity index (χ0) is 23.5. The van der Waals surface area contributed by atoms with Gasteiger partial charge in [-0.1, -0.05) is 48.0 Å². The zero-order valence-electron chi connectivity index (χ0n) is 18.7. The normalized spacial score (nSPS) is 21.1. The number of carbonyl (C=O) groups excluding carboxylic acids is 2. The van der Waals surface area contributed by atoms with Crippen molar-refractivity contribution < 1.29 is 14.0 Å². The van der Waals surface area contributed by atoms with Gasteiger partial charge in [-0.3, -0.25) is 19.7 Å². The van der Waals surface area contributed by atoms with Gasteiger partial charge in [0.2, 0.25) is 11.8 Å². The molecule has 5 rings (SSSR count). The number of hydrogen-bond donors (Lipinski definition) is 2. The van der Waals surface area contributed by atoms with Crippen molar-refractivity contribution in [2.45, 2.75) is 56.3 Å². The maximum atomic E-state index is 14.3. The fraction of sp³-hybridized carbons (Fsp3) is 0.400. The molecule has 1 saturated heterocycles. The minimum Gasteiger partial charge on any atom is -0.342 e. The van der Waals surface area contributed by atoms with Gasteiger partial charge in [-0.15, -0.1) is 5.10 Å². The molecule has 0 spiro atoms. The second kappa shape index (κ2) is 9.70. The molecule has 3 atom stereocenters. The van der Waals surface area contributed by atoms with E-state index in [1.807, 2.05) is 42.6 Å². The molecule has 34 heavy (non-hydrogen) atoms. The van der Waals surface area contributed by atoms with E-state index >= 15 is 0 Å². The zero-order valence-corrected chi connectivity index (χ0v) is 18.7. The van der Waals surface area contributed by atoms with Crippen molar-refractivity contribution in [2.24, 2.45) is 0 Å². The predicted octanol–water partition coefficient (Wildman–Crippen LogP) is 2.85. The molecule has 3 heterocycles. The van der Waals surface area contributed by atoms with Crippen molar-refractivity contribution in [2.75, 3.05) is 6.54 Å². The van der Waals surface area contributed by atoms with Crippen LogP contribution in [0.3, 0.4) is 0 Å². The number of aromatic nitrogens is 4. The Morgan fingerprint density at radius 2 is 1.97 bits per heavy atom. The lowest BCUT2D eigenvalue weighted by molar-refractivity contribution is -0.138. The molecule has 1 aliphatic heterocycles. The summed E-state index contributed by atoms with van der Waals surface area (Å²) >= 11 is 0. The smallest absolute Gasteiger partial charge is 0.243 e. The highest BCUT2D eigenvalue weighted by Crippen LogP contribution is 2.36. The minimum absolute atomic E-state index is 0.0181. The molecule has 0 bridgehead atoms. The Bertz CT molecular complexity index is 1120. The molecule has 2 aromatic heterocycles. The third kappa shape index (κ3) is 4.69. The number of pyridine rings is 1. The second-order valence-corrected chi connectivity index (χ2v) is 9.05. The number of nitrogens with one attached hydrogen (secondary N) is 2. The van der Waals surface area contributed by atoms with E-state index in [0.717, 1.165) is 5.56 Å². The van der Waals surface area contributed by atoms with Gasteiger partial charge in [0.25, 0.3) is 0 Å². The quantitative estimate of drug-likeness (QED) is 0.562. The Labute approximate surface area is 197 Å². The Morgan fingerprint density at radius 3 is 2.62 bits per heavy atom. The van der Waals surface area contributed by atoms with E-state index in [2.05, 4.69) is 31.8 Å². The maximum absolute atomic E-state index is 14.3. The van der Waals surface area contributed by atoms with E-state index in [9.17, 15) is 14.0 Å². The number of halogens is 1. The average molecular weight is 463 g/mol. The number of alkyl halides is 1. The van der Waals surface area contributed by atoms with Gasteiger partial charge < -0.3 is 10.2 Å². The topological polar surface area (TPSA) is 104 Å². The van der Waals surface area contributed by atoms with Gasteiger partial charge in [0.15, 0.2) is 0 Å². The number of hydrogen-bond acceptors (Lipinski definition) is 5. The van der Waals surface area contributed by atoms with Crippen LogP contribution in [0.15, 0.2) is 54.9 Å². The third-order valence-corrected chi connectivity index (χ3v) is 6.78. The minimum atomic E-state index is -1.25. The lowest BCUT2D eigenvalue weighted by Crippen LogP contribution is -2.47. The lowest BCUT2D eigenvalue weighted by atomic mass is 9.80. The van der Waals surface area contributed by atoms with Crippen LogP contribution in [-0.2, 0) is 16.0 Å². The van der Waals surface area contributed by atoms with Gasteiger partial charge in [0.1, 0.15) is 12.2 Å². The van der Waals surface area contributed by atoms with Gasteiger partial charge in [-0.05, 0) is 36.0 Å². The molecular weight excluding hydrogens is 435 g/mol. The van der Waals surface area contributed by atoms with Gasteiger partial charge in [-0.2, -0.15) is 0 Å². The molecule has 1 aliphatic carbocycles. The third-order valence-electron chi connectivity index (χ3n) is 6.78. The van der Waals surface area contributed by atoms with E-state index in [-0.39, 0.29) is 25.3 Å². The number of benzene rings is 1. The van der Waals surface area contributed by atoms with Crippen LogP contribution in [0, 0.1) is 0 Å². The Morgan fingerprint density at radius 1 is 1.15 bits per heavy atom. The van der Waals surface area contributed by atoms with Gasteiger partial charge in [0, 0.05) is 12.6 Å². The monoisotopic (exact) mass is 462 g/mol. The first-order valence-corrected chi connectivity index (χ1v) is 11.7. The highest BCUT2D eigenvalue weighted by molar-refractivity contribution is 5.89. The van der Waals surface area contributed by atoms with Crippen LogP contribution in [0.1, 0.15) is 60.2 Å². The molecule has 2 amide bonds. The number of aromatic amines is 1. The first-order valence-electron chi connectivity index (χ1n) is 11.7. The highest BCUT2D eigenvalue weighted by atomic mass is 19.1. The summed E-state index contributed by atoms with van der Waals surface area (Å²) in [5.41, 5.74) is 3.31. The molecule has 3 aromatic rings. The summed E-state index contributed by atoms with van der Waals surface area (Å²) < 4.78 is 14.3. The van der Waals surface area contributed by atoms with Crippen LogP contribution in [0.25, 0.3) is 0 Å². The van der Waals surface area contributed by atoms with Crippen LogP contribution >= 0.6 is 0 Å². The molecule has 8 nitrogen and oxygen atoms in total. The molecule has 1 aromatic carbocycles. The summed E-state index contributed by atoms with van der Waals surface area (Å²) in [6, 6.07) is 12.2. The Kier molecular flexibility index (Phi) is 6.33. The van der Waals surface area contributed by atoms with E-state index in [1.165, 1.54) is 35.9 Å². The average Bonchev–Trinajstić information content (AvgIpc) is 3.47. The summed E-state index contributed by atoms with van der Waals surface area (Å²) in [6.07, 6.45) is 5.65. The van der Waals surface area contributed by atoms with Gasteiger partial charge in [-0.25, -0.2) is 4.39 Å². The molecular formula is C25H27FN6O2. The molecule has 3 unspecified atom stereocenters. The van der Waals surface area contributed by atoms with Crippen LogP contribution in [0.5, 0.6) is 0 Å². The molecule has 9 heteroatoms. The predicted molar refractivity (Wildman–Crippen MR) is 122 cm³/mol. The van der Waals surface area contributed by atoms with Crippen molar-refractivity contribution in [1.82, 2.24) is 30.6 Å². The van der Waals surface area contributed by atoms with Crippen molar-refractivity contribution in [3.8, 4) is 0 Å². The van der Waals surface area contributed by atoms with Crippen molar-refractivity contribution in [3.05, 3.63) is 77.4 Å². The van der Waals surface area contributed by atoms with E-state index in [4.69, 9.17) is 0 Å². The molecule has 176 valence electrons. The number of H-pyrrole nitrogens is 1. The molecule has 1 saturated carbocycles. The van der Waals surface area contributed by atoms with Gasteiger partial charge >= 0.3 is 0 Å². The molecule has 2 aliphatic rings. The Hall–Kier alpha value is -3.62. The van der Waals surface area contributed by atoms with Crippen LogP contribution in [0.2, 0.25) is 0 Å². The van der Waals surface area contributed by atoms with Crippen molar-refractivity contribution in [3.63, 3.8) is 0 Å². The Balaban J connectivity index is 1.35. The van der Waals surface area contributed by atoms with Crippen molar-refractivity contribution in [1.29, 1.82) is 0 Å². The highest BCUT2D eigenvalue weighted by Gasteiger charge is 2.40. The van der Waals surface area contributed by atoms with Crippen LogP contribution in [0.4, 0.5) is 4.39 Å². The maximum Gasteiger partial charge on any atom is 0.243 e. The van der Waals surface area contributed by atoms with E-state index in [0.29, 0.717) is 17.3 Å². The number of nitrogens with zero attached hydrogens (tertiary/aromatic N) is 4. The first-order chi connectivity index (χ1) is 16.6. The standard InChI is InChI=1S/C25H27FN6O2/c26-19-11-22(32(15-19)23(33)12-20-14-28-31-30-20)25(34)29-24(17-5-2-1-3-6-17)21-10-9-18(13-27-21)16-7-4-8-16/h1-3,5-6,9-10,13-14,16,19,22,24H,4,7-8,11-12,15H2,(H,29,34)(H,28,30,31). The summed E-state index contributed by atoms with van der Waals surface area (Å²) in [7, 11) is 0. The largest absolute Gasteiger partial charge is 0.342 e. The number of amides is 2. The summed E-state index contributed by atoms with van der Waals surface area (Å²) in [4.78, 5) is 32.2. The second-order valence-electron chi connectivity index (χ2n) is 9.05. The lowest BCUT2D eigenvalue weighted by Gasteiger charge is -2.27. The van der Waals surface area contributed by atoms with Crippen LogP contribution < -0.4 is 5.32 Å².